The van der Waals surface area contributed by atoms with Gasteiger partial charge in [-0.15, -0.1) is 5.10 Å². The Morgan fingerprint density at radius 2 is 2.10 bits per heavy atom. The summed E-state index contributed by atoms with van der Waals surface area (Å²) in [5.41, 5.74) is 2.48. The lowest BCUT2D eigenvalue weighted by atomic mass is 10.1. The lowest BCUT2D eigenvalue weighted by molar-refractivity contribution is 0.0944. The summed E-state index contributed by atoms with van der Waals surface area (Å²) in [5.74, 6) is 0.935. The summed E-state index contributed by atoms with van der Waals surface area (Å²) in [6.07, 6.45) is 0.805. The highest BCUT2D eigenvalue weighted by molar-refractivity contribution is 5.90. The van der Waals surface area contributed by atoms with Gasteiger partial charge < -0.3 is 5.32 Å². The lowest BCUT2D eigenvalue weighted by Gasteiger charge is -2.05. The number of aromatic nitrogens is 3. The van der Waals surface area contributed by atoms with E-state index in [2.05, 4.69) is 39.6 Å². The Labute approximate surface area is 118 Å². The normalized spacial score (nSPS) is 10.8. The second kappa shape index (κ2) is 6.32. The molecule has 0 unspecified atom stereocenters. The van der Waals surface area contributed by atoms with Crippen LogP contribution in [0.3, 0.4) is 0 Å². The molecule has 1 aromatic carbocycles. The number of nitrogens with one attached hydrogen (secondary N) is 2. The van der Waals surface area contributed by atoms with E-state index in [4.69, 9.17) is 0 Å². The van der Waals surface area contributed by atoms with Crippen molar-refractivity contribution in [3.05, 3.63) is 47.0 Å². The van der Waals surface area contributed by atoms with Gasteiger partial charge >= 0.3 is 0 Å². The summed E-state index contributed by atoms with van der Waals surface area (Å²) in [4.78, 5) is 16.1. The van der Waals surface area contributed by atoms with Crippen molar-refractivity contribution >= 4 is 5.91 Å². The average molecular weight is 272 g/mol. The van der Waals surface area contributed by atoms with Gasteiger partial charge in [0.15, 0.2) is 0 Å². The molecule has 5 nitrogen and oxygen atoms in total. The zero-order valence-corrected chi connectivity index (χ0v) is 12.1. The maximum Gasteiger partial charge on any atom is 0.290 e. The van der Waals surface area contributed by atoms with E-state index in [-0.39, 0.29) is 17.6 Å². The van der Waals surface area contributed by atoms with Crippen molar-refractivity contribution in [3.63, 3.8) is 0 Å². The first-order valence-electron chi connectivity index (χ1n) is 6.83. The van der Waals surface area contributed by atoms with E-state index in [9.17, 15) is 4.79 Å². The van der Waals surface area contributed by atoms with E-state index in [1.165, 1.54) is 11.1 Å². The fourth-order valence-electron chi connectivity index (χ4n) is 1.91. The van der Waals surface area contributed by atoms with Crippen LogP contribution in [0.2, 0.25) is 0 Å². The number of benzene rings is 1. The maximum absolute atomic E-state index is 11.9. The molecule has 1 amide bonds. The average Bonchev–Trinajstić information content (AvgIpc) is 2.91. The Morgan fingerprint density at radius 1 is 1.35 bits per heavy atom. The third-order valence-corrected chi connectivity index (χ3v) is 3.19. The maximum atomic E-state index is 11.9. The predicted molar refractivity (Wildman–Crippen MR) is 77.7 cm³/mol. The van der Waals surface area contributed by atoms with Crippen LogP contribution in [0.4, 0.5) is 0 Å². The lowest BCUT2D eigenvalue weighted by Crippen LogP contribution is -2.27. The number of carbonyl (C=O) groups is 1. The number of H-pyrrole nitrogens is 1. The largest absolute Gasteiger partial charge is 0.349 e. The minimum atomic E-state index is -0.235. The quantitative estimate of drug-likeness (QED) is 0.876. The number of hydrogen-bond acceptors (Lipinski definition) is 3. The Bertz CT molecular complexity index is 589. The highest BCUT2D eigenvalue weighted by Gasteiger charge is 2.13. The third-order valence-electron chi connectivity index (χ3n) is 3.19. The molecule has 2 aromatic rings. The highest BCUT2D eigenvalue weighted by Crippen LogP contribution is 2.08. The predicted octanol–water partition coefficient (Wildman–Crippen LogP) is 2.21. The SMILES string of the molecule is Cc1ccccc1CCNC(=O)c1n[nH]c(C(C)C)n1. The van der Waals surface area contributed by atoms with Crippen molar-refractivity contribution in [3.8, 4) is 0 Å². The Morgan fingerprint density at radius 3 is 2.75 bits per heavy atom. The molecule has 0 radical (unpaired) electrons. The molecule has 0 saturated carbocycles. The Balaban J connectivity index is 1.87. The van der Waals surface area contributed by atoms with E-state index in [0.717, 1.165) is 12.2 Å². The van der Waals surface area contributed by atoms with Crippen molar-refractivity contribution in [2.24, 2.45) is 0 Å². The topological polar surface area (TPSA) is 70.7 Å². The van der Waals surface area contributed by atoms with Crippen molar-refractivity contribution in [1.82, 2.24) is 20.5 Å². The first-order valence-corrected chi connectivity index (χ1v) is 6.83. The first-order chi connectivity index (χ1) is 9.58. The molecule has 106 valence electrons. The van der Waals surface area contributed by atoms with Gasteiger partial charge in [0.05, 0.1) is 0 Å². The molecule has 0 spiro atoms. The van der Waals surface area contributed by atoms with Crippen LogP contribution in [0.25, 0.3) is 0 Å². The summed E-state index contributed by atoms with van der Waals surface area (Å²) in [7, 11) is 0. The molecule has 0 aliphatic heterocycles. The van der Waals surface area contributed by atoms with Crippen LogP contribution in [-0.2, 0) is 6.42 Å². The zero-order valence-electron chi connectivity index (χ0n) is 12.1. The van der Waals surface area contributed by atoms with Gasteiger partial charge in [0, 0.05) is 12.5 Å². The van der Waals surface area contributed by atoms with Gasteiger partial charge in [0.2, 0.25) is 5.82 Å². The minimum Gasteiger partial charge on any atom is -0.349 e. The Kier molecular flexibility index (Phi) is 4.50. The number of hydrogen-bond donors (Lipinski definition) is 2. The summed E-state index contributed by atoms with van der Waals surface area (Å²) >= 11 is 0. The second-order valence-corrected chi connectivity index (χ2v) is 5.13. The van der Waals surface area contributed by atoms with Crippen molar-refractivity contribution in [2.45, 2.75) is 33.1 Å². The molecule has 0 aliphatic carbocycles. The second-order valence-electron chi connectivity index (χ2n) is 5.13. The third kappa shape index (κ3) is 3.44. The van der Waals surface area contributed by atoms with Gasteiger partial charge in [-0.2, -0.15) is 0 Å². The van der Waals surface area contributed by atoms with Crippen LogP contribution in [0.15, 0.2) is 24.3 Å². The van der Waals surface area contributed by atoms with Gasteiger partial charge in [-0.3, -0.25) is 9.89 Å². The fourth-order valence-corrected chi connectivity index (χ4v) is 1.91. The number of nitrogens with zero attached hydrogens (tertiary/aromatic N) is 2. The molecule has 0 fully saturated rings. The number of amides is 1. The van der Waals surface area contributed by atoms with Crippen molar-refractivity contribution in [1.29, 1.82) is 0 Å². The zero-order chi connectivity index (χ0) is 14.5. The smallest absolute Gasteiger partial charge is 0.290 e. The monoisotopic (exact) mass is 272 g/mol. The minimum absolute atomic E-state index is 0.207. The van der Waals surface area contributed by atoms with Crippen molar-refractivity contribution < 1.29 is 4.79 Å². The van der Waals surface area contributed by atoms with Gasteiger partial charge in [-0.25, -0.2) is 4.98 Å². The summed E-state index contributed by atoms with van der Waals surface area (Å²) in [5, 5.41) is 9.56. The summed E-state index contributed by atoms with van der Waals surface area (Å²) in [6, 6.07) is 8.17. The molecule has 1 heterocycles. The molecular formula is C15H20N4O. The number of rotatable bonds is 5. The molecule has 0 aliphatic rings. The fraction of sp³-hybridized carbons (Fsp3) is 0.400. The number of carbonyl (C=O) groups excluding carboxylic acids is 1. The molecule has 2 rings (SSSR count). The van der Waals surface area contributed by atoms with E-state index < -0.39 is 0 Å². The number of aryl methyl sites for hydroxylation is 1. The van der Waals surface area contributed by atoms with Crippen LogP contribution in [0, 0.1) is 6.92 Å². The van der Waals surface area contributed by atoms with Gasteiger partial charge in [0.25, 0.3) is 5.91 Å². The molecule has 0 bridgehead atoms. The van der Waals surface area contributed by atoms with Crippen LogP contribution in [0.1, 0.15) is 47.3 Å². The molecular weight excluding hydrogens is 252 g/mol. The van der Waals surface area contributed by atoms with Crippen LogP contribution >= 0.6 is 0 Å². The van der Waals surface area contributed by atoms with E-state index in [0.29, 0.717) is 6.54 Å². The molecule has 1 aromatic heterocycles. The molecule has 2 N–H and O–H groups in total. The van der Waals surface area contributed by atoms with Crippen LogP contribution in [-0.4, -0.2) is 27.6 Å². The van der Waals surface area contributed by atoms with Crippen LogP contribution in [0.5, 0.6) is 0 Å². The Hall–Kier alpha value is -2.17. The van der Waals surface area contributed by atoms with Gasteiger partial charge in [0.1, 0.15) is 5.82 Å². The van der Waals surface area contributed by atoms with E-state index in [1.54, 1.807) is 0 Å². The molecule has 0 saturated heterocycles. The van der Waals surface area contributed by atoms with Crippen molar-refractivity contribution in [2.75, 3.05) is 6.54 Å². The standard InChI is InChI=1S/C15H20N4O/c1-10(2)13-17-14(19-18-13)15(20)16-9-8-12-7-5-4-6-11(12)3/h4-7,10H,8-9H2,1-3H3,(H,16,20)(H,17,18,19). The molecule has 5 heteroatoms. The highest BCUT2D eigenvalue weighted by atomic mass is 16.2. The first kappa shape index (κ1) is 14.2. The van der Waals surface area contributed by atoms with E-state index >= 15 is 0 Å². The van der Waals surface area contributed by atoms with E-state index in [1.807, 2.05) is 26.0 Å². The van der Waals surface area contributed by atoms with Crippen LogP contribution < -0.4 is 5.32 Å². The molecule has 0 atom stereocenters. The summed E-state index contributed by atoms with van der Waals surface area (Å²) < 4.78 is 0. The molecule has 20 heavy (non-hydrogen) atoms. The van der Waals surface area contributed by atoms with Gasteiger partial charge in [-0.05, 0) is 24.5 Å². The number of aromatic amines is 1. The summed E-state index contributed by atoms with van der Waals surface area (Å²) in [6.45, 7) is 6.65. The van der Waals surface area contributed by atoms with Gasteiger partial charge in [-0.1, -0.05) is 38.1 Å².